The summed E-state index contributed by atoms with van der Waals surface area (Å²) in [5.41, 5.74) is 8.60. The van der Waals surface area contributed by atoms with Gasteiger partial charge < -0.3 is 15.5 Å². The molecule has 0 aromatic heterocycles. The van der Waals surface area contributed by atoms with E-state index in [-0.39, 0.29) is 6.04 Å². The van der Waals surface area contributed by atoms with Gasteiger partial charge in [-0.25, -0.2) is 0 Å². The molecule has 1 aromatic carbocycles. The maximum absolute atomic E-state index is 6.04. The van der Waals surface area contributed by atoms with Crippen LogP contribution in [-0.2, 0) is 0 Å². The van der Waals surface area contributed by atoms with Crippen molar-refractivity contribution in [2.45, 2.75) is 32.4 Å². The summed E-state index contributed by atoms with van der Waals surface area (Å²) in [5, 5.41) is 0. The minimum Gasteiger partial charge on any atom is -0.369 e. The largest absolute Gasteiger partial charge is 0.369 e. The second kappa shape index (κ2) is 5.72. The Labute approximate surface area is 111 Å². The highest BCUT2D eigenvalue weighted by Gasteiger charge is 2.20. The van der Waals surface area contributed by atoms with Crippen molar-refractivity contribution in [3.63, 3.8) is 0 Å². The molecule has 2 rings (SSSR count). The minimum absolute atomic E-state index is 0.172. The molecule has 0 saturated carbocycles. The molecule has 2 unspecified atom stereocenters. The van der Waals surface area contributed by atoms with E-state index in [0.717, 1.165) is 26.1 Å². The van der Waals surface area contributed by atoms with Gasteiger partial charge in [0.15, 0.2) is 0 Å². The molecular formula is C15H25N3. The third-order valence-electron chi connectivity index (χ3n) is 4.09. The average molecular weight is 247 g/mol. The molecule has 3 nitrogen and oxygen atoms in total. The van der Waals surface area contributed by atoms with E-state index >= 15 is 0 Å². The lowest BCUT2D eigenvalue weighted by Crippen LogP contribution is -2.50. The summed E-state index contributed by atoms with van der Waals surface area (Å²) in [6, 6.07) is 9.56. The molecule has 0 bridgehead atoms. The molecule has 1 heterocycles. The number of hydrogen-bond donors (Lipinski definition) is 1. The average Bonchev–Trinajstić information content (AvgIpc) is 2.41. The van der Waals surface area contributed by atoms with E-state index in [4.69, 9.17) is 5.73 Å². The zero-order chi connectivity index (χ0) is 13.1. The Bertz CT molecular complexity index is 374. The number of hydrogen-bond acceptors (Lipinski definition) is 3. The van der Waals surface area contributed by atoms with E-state index < -0.39 is 0 Å². The van der Waals surface area contributed by atoms with Crippen LogP contribution in [0.1, 0.15) is 31.9 Å². The number of likely N-dealkylation sites (N-methyl/N-ethyl adjacent to an activating group) is 1. The normalized spacial score (nSPS) is 23.1. The molecule has 1 aliphatic heterocycles. The predicted octanol–water partition coefficient (Wildman–Crippen LogP) is 2.24. The van der Waals surface area contributed by atoms with Crippen molar-refractivity contribution in [3.05, 3.63) is 29.8 Å². The summed E-state index contributed by atoms with van der Waals surface area (Å²) in [6.07, 6.45) is 0.991. The zero-order valence-corrected chi connectivity index (χ0v) is 11.8. The van der Waals surface area contributed by atoms with Gasteiger partial charge in [0.25, 0.3) is 0 Å². The first-order chi connectivity index (χ1) is 8.61. The summed E-state index contributed by atoms with van der Waals surface area (Å²) < 4.78 is 0. The lowest BCUT2D eigenvalue weighted by molar-refractivity contribution is 0.234. The van der Waals surface area contributed by atoms with Crippen LogP contribution in [0.2, 0.25) is 0 Å². The van der Waals surface area contributed by atoms with Gasteiger partial charge in [-0.1, -0.05) is 19.1 Å². The van der Waals surface area contributed by atoms with Gasteiger partial charge in [-0.15, -0.1) is 0 Å². The molecule has 0 aliphatic carbocycles. The molecule has 0 spiro atoms. The zero-order valence-electron chi connectivity index (χ0n) is 11.8. The topological polar surface area (TPSA) is 32.5 Å². The van der Waals surface area contributed by atoms with E-state index in [9.17, 15) is 0 Å². The van der Waals surface area contributed by atoms with Gasteiger partial charge >= 0.3 is 0 Å². The van der Waals surface area contributed by atoms with Crippen LogP contribution in [0.4, 0.5) is 5.69 Å². The van der Waals surface area contributed by atoms with Gasteiger partial charge in [-0.3, -0.25) is 0 Å². The third-order valence-corrected chi connectivity index (χ3v) is 4.09. The molecule has 2 N–H and O–H groups in total. The monoisotopic (exact) mass is 247 g/mol. The predicted molar refractivity (Wildman–Crippen MR) is 78.0 cm³/mol. The van der Waals surface area contributed by atoms with Crippen molar-refractivity contribution in [2.24, 2.45) is 5.73 Å². The molecule has 1 aliphatic rings. The molecule has 3 heteroatoms. The summed E-state index contributed by atoms with van der Waals surface area (Å²) in [5.74, 6) is 0. The second-order valence-corrected chi connectivity index (χ2v) is 5.38. The highest BCUT2D eigenvalue weighted by molar-refractivity contribution is 5.48. The summed E-state index contributed by atoms with van der Waals surface area (Å²) in [7, 11) is 2.20. The number of benzene rings is 1. The first-order valence-corrected chi connectivity index (χ1v) is 6.92. The molecular weight excluding hydrogens is 222 g/mol. The van der Waals surface area contributed by atoms with Gasteiger partial charge in [-0.2, -0.15) is 0 Å². The highest BCUT2D eigenvalue weighted by atomic mass is 15.3. The van der Waals surface area contributed by atoms with Crippen LogP contribution in [0.5, 0.6) is 0 Å². The highest BCUT2D eigenvalue weighted by Crippen LogP contribution is 2.21. The Kier molecular flexibility index (Phi) is 4.25. The van der Waals surface area contributed by atoms with E-state index in [0.29, 0.717) is 6.04 Å². The lowest BCUT2D eigenvalue weighted by Gasteiger charge is -2.39. The standard InChI is InChI=1S/C15H25N3/c1-4-15(16)13-5-7-14(8-6-13)18-10-9-17(3)12(2)11-18/h5-8,12,15H,4,9-11,16H2,1-3H3. The second-order valence-electron chi connectivity index (χ2n) is 5.38. The lowest BCUT2D eigenvalue weighted by atomic mass is 10.0. The number of rotatable bonds is 3. The van der Waals surface area contributed by atoms with Crippen LogP contribution in [-0.4, -0.2) is 37.6 Å². The van der Waals surface area contributed by atoms with Gasteiger partial charge in [-0.05, 0) is 38.1 Å². The van der Waals surface area contributed by atoms with Gasteiger partial charge in [0.05, 0.1) is 0 Å². The SMILES string of the molecule is CCC(N)c1ccc(N2CCN(C)C(C)C2)cc1. The molecule has 1 fully saturated rings. The third kappa shape index (κ3) is 2.85. The van der Waals surface area contributed by atoms with Crippen LogP contribution in [0.15, 0.2) is 24.3 Å². The molecule has 100 valence electrons. The molecule has 0 amide bonds. The fraction of sp³-hybridized carbons (Fsp3) is 0.600. The summed E-state index contributed by atoms with van der Waals surface area (Å²) in [6.45, 7) is 7.77. The number of anilines is 1. The van der Waals surface area contributed by atoms with Crippen molar-refractivity contribution in [2.75, 3.05) is 31.6 Å². The first kappa shape index (κ1) is 13.4. The smallest absolute Gasteiger partial charge is 0.0367 e. The van der Waals surface area contributed by atoms with E-state index in [1.54, 1.807) is 0 Å². The quantitative estimate of drug-likeness (QED) is 0.889. The van der Waals surface area contributed by atoms with Crippen LogP contribution in [0.3, 0.4) is 0 Å². The minimum atomic E-state index is 0.172. The van der Waals surface area contributed by atoms with Crippen LogP contribution in [0, 0.1) is 0 Å². The Morgan fingerprint density at radius 2 is 1.94 bits per heavy atom. The Morgan fingerprint density at radius 1 is 1.28 bits per heavy atom. The first-order valence-electron chi connectivity index (χ1n) is 6.92. The maximum Gasteiger partial charge on any atom is 0.0367 e. The van der Waals surface area contributed by atoms with Crippen molar-refractivity contribution < 1.29 is 0 Å². The van der Waals surface area contributed by atoms with E-state index in [1.807, 2.05) is 0 Å². The molecule has 2 atom stereocenters. The van der Waals surface area contributed by atoms with Crippen molar-refractivity contribution in [1.29, 1.82) is 0 Å². The Morgan fingerprint density at radius 3 is 2.50 bits per heavy atom. The van der Waals surface area contributed by atoms with E-state index in [2.05, 4.69) is 55.0 Å². The van der Waals surface area contributed by atoms with Gasteiger partial charge in [0, 0.05) is 37.4 Å². The van der Waals surface area contributed by atoms with Crippen LogP contribution >= 0.6 is 0 Å². The Hall–Kier alpha value is -1.06. The van der Waals surface area contributed by atoms with Crippen LogP contribution < -0.4 is 10.6 Å². The van der Waals surface area contributed by atoms with Crippen LogP contribution in [0.25, 0.3) is 0 Å². The summed E-state index contributed by atoms with van der Waals surface area (Å²) >= 11 is 0. The molecule has 18 heavy (non-hydrogen) atoms. The van der Waals surface area contributed by atoms with Crippen molar-refractivity contribution in [3.8, 4) is 0 Å². The maximum atomic E-state index is 6.04. The fourth-order valence-electron chi connectivity index (χ4n) is 2.45. The summed E-state index contributed by atoms with van der Waals surface area (Å²) in [4.78, 5) is 4.88. The molecule has 1 saturated heterocycles. The number of nitrogens with zero attached hydrogens (tertiary/aromatic N) is 2. The van der Waals surface area contributed by atoms with Crippen molar-refractivity contribution >= 4 is 5.69 Å². The fourth-order valence-corrected chi connectivity index (χ4v) is 2.45. The number of piperazine rings is 1. The van der Waals surface area contributed by atoms with Gasteiger partial charge in [0.1, 0.15) is 0 Å². The van der Waals surface area contributed by atoms with Crippen molar-refractivity contribution in [1.82, 2.24) is 4.90 Å². The molecule has 0 radical (unpaired) electrons. The molecule has 1 aromatic rings. The Balaban J connectivity index is 2.06. The van der Waals surface area contributed by atoms with E-state index in [1.165, 1.54) is 11.3 Å². The number of nitrogens with two attached hydrogens (primary N) is 1. The van der Waals surface area contributed by atoms with Gasteiger partial charge in [0.2, 0.25) is 0 Å².